The summed E-state index contributed by atoms with van der Waals surface area (Å²) in [7, 11) is 1.65. The second-order valence-electron chi connectivity index (χ2n) is 4.85. The van der Waals surface area contributed by atoms with Gasteiger partial charge in [0, 0.05) is 19.7 Å². The van der Waals surface area contributed by atoms with Gasteiger partial charge in [-0.3, -0.25) is 0 Å². The van der Waals surface area contributed by atoms with Gasteiger partial charge < -0.3 is 19.5 Å². The van der Waals surface area contributed by atoms with Crippen LogP contribution in [0.3, 0.4) is 0 Å². The lowest BCUT2D eigenvalue weighted by atomic mass is 10.2. The van der Waals surface area contributed by atoms with Crippen LogP contribution in [0.4, 0.5) is 0 Å². The fourth-order valence-electron chi connectivity index (χ4n) is 2.27. The molecule has 0 spiro atoms. The van der Waals surface area contributed by atoms with Crippen molar-refractivity contribution in [3.8, 4) is 11.5 Å². The summed E-state index contributed by atoms with van der Waals surface area (Å²) in [5, 5.41) is 3.42. The standard InChI is InChI=1S/C16H23NO3.ClH/c1-3-8-20-15-7-6-13(10-16(15)18-2)11-17-12-14-5-4-9-19-14;/h3,6-7,10,14,17H,1,4-5,8-9,11-12H2,2H3;1H. The normalized spacial score (nSPS) is 17.1. The van der Waals surface area contributed by atoms with E-state index in [0.29, 0.717) is 12.7 Å². The highest BCUT2D eigenvalue weighted by Crippen LogP contribution is 2.28. The van der Waals surface area contributed by atoms with Crippen molar-refractivity contribution in [2.45, 2.75) is 25.5 Å². The Kier molecular flexibility index (Phi) is 8.20. The van der Waals surface area contributed by atoms with Gasteiger partial charge in [0.15, 0.2) is 11.5 Å². The Hall–Kier alpha value is -1.23. The number of hydrogen-bond donors (Lipinski definition) is 1. The maximum Gasteiger partial charge on any atom is 0.161 e. The number of methoxy groups -OCH3 is 1. The summed E-state index contributed by atoms with van der Waals surface area (Å²) in [5.74, 6) is 1.50. The van der Waals surface area contributed by atoms with Crippen molar-refractivity contribution in [2.75, 3.05) is 26.9 Å². The Balaban J connectivity index is 0.00000220. The first kappa shape index (κ1) is 17.8. The van der Waals surface area contributed by atoms with Crippen LogP contribution in [0.25, 0.3) is 0 Å². The number of hydrogen-bond acceptors (Lipinski definition) is 4. The van der Waals surface area contributed by atoms with Gasteiger partial charge in [0.2, 0.25) is 0 Å². The molecule has 1 atom stereocenters. The van der Waals surface area contributed by atoms with E-state index in [1.165, 1.54) is 12.0 Å². The molecule has 5 heteroatoms. The molecule has 118 valence electrons. The van der Waals surface area contributed by atoms with Gasteiger partial charge in [-0.15, -0.1) is 12.4 Å². The minimum atomic E-state index is 0. The van der Waals surface area contributed by atoms with E-state index in [0.717, 1.165) is 37.6 Å². The minimum absolute atomic E-state index is 0. The molecule has 1 saturated heterocycles. The third-order valence-corrected chi connectivity index (χ3v) is 3.31. The summed E-state index contributed by atoms with van der Waals surface area (Å²) in [4.78, 5) is 0. The van der Waals surface area contributed by atoms with Crippen molar-refractivity contribution >= 4 is 12.4 Å². The molecular formula is C16H24ClNO3. The van der Waals surface area contributed by atoms with Crippen LogP contribution in [0, 0.1) is 0 Å². The van der Waals surface area contributed by atoms with Crippen molar-refractivity contribution in [3.63, 3.8) is 0 Å². The lowest BCUT2D eigenvalue weighted by Gasteiger charge is -2.13. The van der Waals surface area contributed by atoms with Crippen LogP contribution >= 0.6 is 12.4 Å². The van der Waals surface area contributed by atoms with Crippen LogP contribution in [0.1, 0.15) is 18.4 Å². The molecule has 1 aliphatic heterocycles. The molecule has 1 unspecified atom stereocenters. The zero-order valence-electron chi connectivity index (χ0n) is 12.5. The van der Waals surface area contributed by atoms with Crippen LogP contribution in [0.2, 0.25) is 0 Å². The van der Waals surface area contributed by atoms with E-state index in [2.05, 4.69) is 11.9 Å². The lowest BCUT2D eigenvalue weighted by molar-refractivity contribution is 0.110. The average molecular weight is 314 g/mol. The van der Waals surface area contributed by atoms with Crippen LogP contribution in [-0.2, 0) is 11.3 Å². The molecule has 0 aromatic heterocycles. The zero-order valence-corrected chi connectivity index (χ0v) is 13.3. The van der Waals surface area contributed by atoms with Gasteiger partial charge in [0.05, 0.1) is 13.2 Å². The molecule has 2 rings (SSSR count). The van der Waals surface area contributed by atoms with E-state index in [1.807, 2.05) is 18.2 Å². The second kappa shape index (κ2) is 9.66. The smallest absolute Gasteiger partial charge is 0.161 e. The van der Waals surface area contributed by atoms with Gasteiger partial charge >= 0.3 is 0 Å². The summed E-state index contributed by atoms with van der Waals surface area (Å²) >= 11 is 0. The third-order valence-electron chi connectivity index (χ3n) is 3.31. The monoisotopic (exact) mass is 313 g/mol. The van der Waals surface area contributed by atoms with Crippen LogP contribution in [0.15, 0.2) is 30.9 Å². The number of benzene rings is 1. The molecule has 1 aromatic rings. The molecule has 0 bridgehead atoms. The van der Waals surface area contributed by atoms with Gasteiger partial charge in [-0.25, -0.2) is 0 Å². The Morgan fingerprint density at radius 3 is 2.95 bits per heavy atom. The first-order valence-electron chi connectivity index (χ1n) is 7.06. The van der Waals surface area contributed by atoms with Crippen molar-refractivity contribution in [2.24, 2.45) is 0 Å². The van der Waals surface area contributed by atoms with Gasteiger partial charge in [0.25, 0.3) is 0 Å². The van der Waals surface area contributed by atoms with Crippen molar-refractivity contribution < 1.29 is 14.2 Å². The molecule has 1 heterocycles. The quantitative estimate of drug-likeness (QED) is 0.749. The maximum absolute atomic E-state index is 5.58. The topological polar surface area (TPSA) is 39.7 Å². The number of nitrogens with one attached hydrogen (secondary N) is 1. The molecule has 21 heavy (non-hydrogen) atoms. The van der Waals surface area contributed by atoms with E-state index < -0.39 is 0 Å². The van der Waals surface area contributed by atoms with E-state index in [-0.39, 0.29) is 12.4 Å². The molecule has 1 aliphatic rings. The van der Waals surface area contributed by atoms with Crippen molar-refractivity contribution in [1.29, 1.82) is 0 Å². The molecule has 1 N–H and O–H groups in total. The summed E-state index contributed by atoms with van der Waals surface area (Å²) in [6.45, 7) is 6.72. The highest BCUT2D eigenvalue weighted by atomic mass is 35.5. The number of ether oxygens (including phenoxy) is 3. The van der Waals surface area contributed by atoms with E-state index in [1.54, 1.807) is 13.2 Å². The SMILES string of the molecule is C=CCOc1ccc(CNCC2CCCO2)cc1OC.Cl. The van der Waals surface area contributed by atoms with Gasteiger partial charge in [-0.1, -0.05) is 18.7 Å². The van der Waals surface area contributed by atoms with Crippen LogP contribution in [0.5, 0.6) is 11.5 Å². The summed E-state index contributed by atoms with van der Waals surface area (Å²) in [6.07, 6.45) is 4.42. The molecular weight excluding hydrogens is 290 g/mol. The maximum atomic E-state index is 5.58. The Bertz CT molecular complexity index is 434. The van der Waals surface area contributed by atoms with E-state index >= 15 is 0 Å². The van der Waals surface area contributed by atoms with Crippen LogP contribution < -0.4 is 14.8 Å². The highest BCUT2D eigenvalue weighted by Gasteiger charge is 2.14. The zero-order chi connectivity index (χ0) is 14.2. The largest absolute Gasteiger partial charge is 0.493 e. The molecule has 0 aliphatic carbocycles. The third kappa shape index (κ3) is 5.58. The number of rotatable bonds is 8. The van der Waals surface area contributed by atoms with Gasteiger partial charge in [-0.2, -0.15) is 0 Å². The Morgan fingerprint density at radius 1 is 1.43 bits per heavy atom. The average Bonchev–Trinajstić information content (AvgIpc) is 2.99. The highest BCUT2D eigenvalue weighted by molar-refractivity contribution is 5.85. The Labute approximate surface area is 132 Å². The summed E-state index contributed by atoms with van der Waals surface area (Å²) < 4.78 is 16.5. The predicted molar refractivity (Wildman–Crippen MR) is 86.6 cm³/mol. The van der Waals surface area contributed by atoms with E-state index in [9.17, 15) is 0 Å². The summed E-state index contributed by atoms with van der Waals surface area (Å²) in [6, 6.07) is 5.98. The fourth-order valence-corrected chi connectivity index (χ4v) is 2.27. The summed E-state index contributed by atoms with van der Waals surface area (Å²) in [5.41, 5.74) is 1.17. The molecule has 0 saturated carbocycles. The first-order valence-corrected chi connectivity index (χ1v) is 7.06. The fraction of sp³-hybridized carbons (Fsp3) is 0.500. The molecule has 0 radical (unpaired) electrons. The predicted octanol–water partition coefficient (Wildman–Crippen LogP) is 2.95. The lowest BCUT2D eigenvalue weighted by Crippen LogP contribution is -2.25. The molecule has 1 aromatic carbocycles. The molecule has 4 nitrogen and oxygen atoms in total. The van der Waals surface area contributed by atoms with Crippen molar-refractivity contribution in [3.05, 3.63) is 36.4 Å². The van der Waals surface area contributed by atoms with E-state index in [4.69, 9.17) is 14.2 Å². The van der Waals surface area contributed by atoms with Crippen LogP contribution in [-0.4, -0.2) is 33.0 Å². The second-order valence-corrected chi connectivity index (χ2v) is 4.85. The number of halogens is 1. The van der Waals surface area contributed by atoms with Gasteiger partial charge in [0.1, 0.15) is 6.61 Å². The van der Waals surface area contributed by atoms with Crippen molar-refractivity contribution in [1.82, 2.24) is 5.32 Å². The Morgan fingerprint density at radius 2 is 2.29 bits per heavy atom. The van der Waals surface area contributed by atoms with Gasteiger partial charge in [-0.05, 0) is 30.5 Å². The minimum Gasteiger partial charge on any atom is -0.493 e. The molecule has 0 amide bonds. The molecule has 1 fully saturated rings. The first-order chi connectivity index (χ1) is 9.83.